The fourth-order valence-corrected chi connectivity index (χ4v) is 1.70. The van der Waals surface area contributed by atoms with Gasteiger partial charge in [-0.2, -0.15) is 0 Å². The Bertz CT molecular complexity index is 385. The summed E-state index contributed by atoms with van der Waals surface area (Å²) in [4.78, 5) is 17.4. The second kappa shape index (κ2) is 5.12. The van der Waals surface area contributed by atoms with Gasteiger partial charge in [-0.3, -0.25) is 4.79 Å². The molecule has 1 aromatic heterocycles. The first-order valence-electron chi connectivity index (χ1n) is 5.40. The van der Waals surface area contributed by atoms with E-state index in [1.165, 1.54) is 12.4 Å². The fourth-order valence-electron chi connectivity index (χ4n) is 1.70. The lowest BCUT2D eigenvalue weighted by molar-refractivity contribution is 0.0515. The van der Waals surface area contributed by atoms with Gasteiger partial charge in [0.15, 0.2) is 0 Å². The van der Waals surface area contributed by atoms with Gasteiger partial charge in [0.1, 0.15) is 5.82 Å². The topological polar surface area (TPSA) is 78.0 Å². The van der Waals surface area contributed by atoms with Crippen molar-refractivity contribution < 1.29 is 5.11 Å². The highest BCUT2D eigenvalue weighted by molar-refractivity contribution is 5.32. The number of hydrogen-bond acceptors (Lipinski definition) is 4. The van der Waals surface area contributed by atoms with Crippen molar-refractivity contribution in [1.82, 2.24) is 9.97 Å². The van der Waals surface area contributed by atoms with E-state index < -0.39 is 5.60 Å². The van der Waals surface area contributed by atoms with Crippen LogP contribution in [-0.4, -0.2) is 27.2 Å². The van der Waals surface area contributed by atoms with Gasteiger partial charge in [0.25, 0.3) is 5.56 Å². The number of H-pyrrole nitrogens is 1. The van der Waals surface area contributed by atoms with E-state index in [1.807, 2.05) is 0 Å². The van der Waals surface area contributed by atoms with Gasteiger partial charge >= 0.3 is 0 Å². The van der Waals surface area contributed by atoms with Crippen molar-refractivity contribution in [2.75, 3.05) is 11.9 Å². The molecule has 0 spiro atoms. The molecule has 0 aliphatic heterocycles. The summed E-state index contributed by atoms with van der Waals surface area (Å²) >= 11 is 0. The molecule has 90 valence electrons. The first-order valence-corrected chi connectivity index (χ1v) is 5.40. The Labute approximate surface area is 94.9 Å². The maximum Gasteiger partial charge on any atom is 0.252 e. The van der Waals surface area contributed by atoms with E-state index in [0.717, 1.165) is 0 Å². The number of anilines is 1. The van der Waals surface area contributed by atoms with E-state index >= 15 is 0 Å². The molecule has 0 bridgehead atoms. The Kier molecular flexibility index (Phi) is 4.06. The van der Waals surface area contributed by atoms with Crippen LogP contribution in [0.1, 0.15) is 27.2 Å². The molecule has 0 aliphatic carbocycles. The van der Waals surface area contributed by atoms with E-state index in [9.17, 15) is 9.90 Å². The molecular formula is C11H19N3O2. The van der Waals surface area contributed by atoms with Gasteiger partial charge in [0.05, 0.1) is 11.9 Å². The molecule has 1 aromatic rings. The summed E-state index contributed by atoms with van der Waals surface area (Å²) in [5.74, 6) is 0.900. The summed E-state index contributed by atoms with van der Waals surface area (Å²) in [6.45, 7) is 6.26. The largest absolute Gasteiger partial charge is 0.388 e. The zero-order valence-electron chi connectivity index (χ0n) is 9.95. The third kappa shape index (κ3) is 4.44. The highest BCUT2D eigenvalue weighted by atomic mass is 16.3. The van der Waals surface area contributed by atoms with E-state index in [4.69, 9.17) is 0 Å². The number of rotatable bonds is 5. The monoisotopic (exact) mass is 225 g/mol. The molecular weight excluding hydrogens is 206 g/mol. The van der Waals surface area contributed by atoms with E-state index in [-0.39, 0.29) is 5.56 Å². The summed E-state index contributed by atoms with van der Waals surface area (Å²) in [5.41, 5.74) is -1.00. The Hall–Kier alpha value is -1.36. The minimum absolute atomic E-state index is 0.207. The van der Waals surface area contributed by atoms with Crippen LogP contribution in [0.2, 0.25) is 0 Å². The van der Waals surface area contributed by atoms with Gasteiger partial charge in [-0.05, 0) is 19.3 Å². The molecule has 1 unspecified atom stereocenters. The summed E-state index contributed by atoms with van der Waals surface area (Å²) in [5, 5.41) is 13.0. The lowest BCUT2D eigenvalue weighted by Gasteiger charge is -2.25. The zero-order chi connectivity index (χ0) is 12.2. The number of aliphatic hydroxyl groups is 1. The van der Waals surface area contributed by atoms with Crippen LogP contribution in [0.25, 0.3) is 0 Å². The summed E-state index contributed by atoms with van der Waals surface area (Å²) in [7, 11) is 0. The molecule has 3 N–H and O–H groups in total. The normalized spacial score (nSPS) is 14.8. The van der Waals surface area contributed by atoms with Crippen molar-refractivity contribution in [3.63, 3.8) is 0 Å². The Morgan fingerprint density at radius 2 is 2.31 bits per heavy atom. The van der Waals surface area contributed by atoms with Crippen LogP contribution < -0.4 is 10.9 Å². The molecule has 0 aliphatic rings. The van der Waals surface area contributed by atoms with Gasteiger partial charge in [-0.1, -0.05) is 13.8 Å². The standard InChI is InChI=1S/C11H19N3O2/c1-8(2)5-11(3,16)6-12-9-4-10(15)14-7-13-9/h4,7-8,16H,5-6H2,1-3H3,(H2,12,13,14,15). The van der Waals surface area contributed by atoms with Crippen LogP contribution in [0.15, 0.2) is 17.2 Å². The molecule has 0 radical (unpaired) electrons. The van der Waals surface area contributed by atoms with Crippen LogP contribution in [0.3, 0.4) is 0 Å². The van der Waals surface area contributed by atoms with Crippen LogP contribution in [0, 0.1) is 5.92 Å². The van der Waals surface area contributed by atoms with Crippen molar-refractivity contribution in [2.24, 2.45) is 5.92 Å². The van der Waals surface area contributed by atoms with E-state index in [0.29, 0.717) is 24.7 Å². The third-order valence-corrected chi connectivity index (χ3v) is 2.18. The van der Waals surface area contributed by atoms with E-state index in [2.05, 4.69) is 29.1 Å². The van der Waals surface area contributed by atoms with Gasteiger partial charge in [-0.15, -0.1) is 0 Å². The van der Waals surface area contributed by atoms with Crippen LogP contribution in [0.5, 0.6) is 0 Å². The Balaban J connectivity index is 2.54. The van der Waals surface area contributed by atoms with Crippen LogP contribution in [0.4, 0.5) is 5.82 Å². The molecule has 1 atom stereocenters. The highest BCUT2D eigenvalue weighted by Gasteiger charge is 2.21. The summed E-state index contributed by atoms with van der Waals surface area (Å²) < 4.78 is 0. The van der Waals surface area contributed by atoms with Crippen LogP contribution in [-0.2, 0) is 0 Å². The van der Waals surface area contributed by atoms with Gasteiger partial charge in [-0.25, -0.2) is 4.98 Å². The lowest BCUT2D eigenvalue weighted by atomic mass is 9.94. The summed E-state index contributed by atoms with van der Waals surface area (Å²) in [6.07, 6.45) is 2.03. The number of nitrogens with one attached hydrogen (secondary N) is 2. The van der Waals surface area contributed by atoms with Crippen molar-refractivity contribution in [2.45, 2.75) is 32.8 Å². The maximum absolute atomic E-state index is 11.0. The molecule has 0 amide bonds. The smallest absolute Gasteiger partial charge is 0.252 e. The second-order valence-electron chi connectivity index (χ2n) is 4.74. The van der Waals surface area contributed by atoms with Gasteiger partial charge < -0.3 is 15.4 Å². The van der Waals surface area contributed by atoms with Gasteiger partial charge in [0.2, 0.25) is 0 Å². The van der Waals surface area contributed by atoms with E-state index in [1.54, 1.807) is 6.92 Å². The molecule has 5 heteroatoms. The molecule has 1 rings (SSSR count). The molecule has 0 aromatic carbocycles. The van der Waals surface area contributed by atoms with Crippen molar-refractivity contribution >= 4 is 5.82 Å². The Morgan fingerprint density at radius 1 is 1.62 bits per heavy atom. The number of aromatic nitrogens is 2. The molecule has 5 nitrogen and oxygen atoms in total. The predicted molar refractivity (Wildman–Crippen MR) is 63.4 cm³/mol. The number of aromatic amines is 1. The summed E-state index contributed by atoms with van der Waals surface area (Å²) in [6, 6.07) is 1.37. The Morgan fingerprint density at radius 3 is 2.88 bits per heavy atom. The molecule has 1 heterocycles. The molecule has 0 fully saturated rings. The molecule has 0 saturated carbocycles. The van der Waals surface area contributed by atoms with Crippen molar-refractivity contribution in [3.05, 3.63) is 22.7 Å². The minimum atomic E-state index is -0.793. The minimum Gasteiger partial charge on any atom is -0.388 e. The lowest BCUT2D eigenvalue weighted by Crippen LogP contribution is -2.35. The van der Waals surface area contributed by atoms with Crippen molar-refractivity contribution in [1.29, 1.82) is 0 Å². The SMILES string of the molecule is CC(C)CC(C)(O)CNc1cc(=O)[nH]cn1. The highest BCUT2D eigenvalue weighted by Crippen LogP contribution is 2.16. The number of nitrogens with zero attached hydrogens (tertiary/aromatic N) is 1. The second-order valence-corrected chi connectivity index (χ2v) is 4.74. The first kappa shape index (κ1) is 12.7. The third-order valence-electron chi connectivity index (χ3n) is 2.18. The fraction of sp³-hybridized carbons (Fsp3) is 0.636. The zero-order valence-corrected chi connectivity index (χ0v) is 9.95. The average molecular weight is 225 g/mol. The van der Waals surface area contributed by atoms with Gasteiger partial charge in [0, 0.05) is 12.6 Å². The first-order chi connectivity index (χ1) is 7.39. The molecule has 0 saturated heterocycles. The average Bonchev–Trinajstić information content (AvgIpc) is 2.13. The predicted octanol–water partition coefficient (Wildman–Crippen LogP) is 0.979. The maximum atomic E-state index is 11.0. The van der Waals surface area contributed by atoms with Crippen LogP contribution >= 0.6 is 0 Å². The van der Waals surface area contributed by atoms with Crippen molar-refractivity contribution in [3.8, 4) is 0 Å². The number of hydrogen-bond donors (Lipinski definition) is 3. The molecule has 16 heavy (non-hydrogen) atoms. The quantitative estimate of drug-likeness (QED) is 0.698.